The molecule has 1 heterocycles. The average Bonchev–Trinajstić information content (AvgIpc) is 3.04. The summed E-state index contributed by atoms with van der Waals surface area (Å²) < 4.78 is 1.84. The molecule has 112 valence electrons. The van der Waals surface area contributed by atoms with Gasteiger partial charge >= 0.3 is 0 Å². The molecule has 0 radical (unpaired) electrons. The third kappa shape index (κ3) is 4.43. The van der Waals surface area contributed by atoms with Crippen LogP contribution in [0.3, 0.4) is 0 Å². The lowest BCUT2D eigenvalue weighted by Crippen LogP contribution is -2.38. The lowest BCUT2D eigenvalue weighted by atomic mass is 10.1. The molecule has 0 aliphatic heterocycles. The molecule has 0 unspecified atom stereocenters. The maximum absolute atomic E-state index is 12.2. The topological polar surface area (TPSA) is 50.2 Å². The Kier molecular flexibility index (Phi) is 5.51. The van der Waals surface area contributed by atoms with Gasteiger partial charge in [-0.05, 0) is 18.6 Å². The Morgan fingerprint density at radius 1 is 1.33 bits per heavy atom. The molecule has 5 heteroatoms. The predicted octanol–water partition coefficient (Wildman–Crippen LogP) is 1.69. The summed E-state index contributed by atoms with van der Waals surface area (Å²) >= 11 is 0. The van der Waals surface area contributed by atoms with Crippen molar-refractivity contribution in [2.75, 3.05) is 20.1 Å². The summed E-state index contributed by atoms with van der Waals surface area (Å²) in [6.07, 6.45) is 3.66. The Hall–Kier alpha value is -2.14. The van der Waals surface area contributed by atoms with Gasteiger partial charge in [0.05, 0.1) is 19.1 Å². The van der Waals surface area contributed by atoms with Gasteiger partial charge < -0.3 is 10.2 Å². The minimum Gasteiger partial charge on any atom is -0.338 e. The fraction of sp³-hybridized carbons (Fsp3) is 0.375. The largest absolute Gasteiger partial charge is 0.338 e. The molecule has 0 fully saturated rings. The summed E-state index contributed by atoms with van der Waals surface area (Å²) in [5, 5.41) is 7.28. The summed E-state index contributed by atoms with van der Waals surface area (Å²) in [5.74, 6) is 0.0896. The number of likely N-dealkylation sites (N-methyl/N-ethyl adjacent to an activating group) is 1. The van der Waals surface area contributed by atoms with Crippen LogP contribution < -0.4 is 5.32 Å². The van der Waals surface area contributed by atoms with Crippen molar-refractivity contribution < 1.29 is 4.79 Å². The molecule has 0 saturated carbocycles. The van der Waals surface area contributed by atoms with Crippen molar-refractivity contribution in [2.45, 2.75) is 19.5 Å². The summed E-state index contributed by atoms with van der Waals surface area (Å²) in [7, 11) is 1.84. The smallest absolute Gasteiger partial charge is 0.236 e. The van der Waals surface area contributed by atoms with E-state index in [1.165, 1.54) is 0 Å². The van der Waals surface area contributed by atoms with E-state index in [0.717, 1.165) is 18.7 Å². The van der Waals surface area contributed by atoms with Crippen LogP contribution in [0.4, 0.5) is 0 Å². The highest BCUT2D eigenvalue weighted by Crippen LogP contribution is 2.17. The molecule has 1 amide bonds. The van der Waals surface area contributed by atoms with E-state index >= 15 is 0 Å². The summed E-state index contributed by atoms with van der Waals surface area (Å²) in [6, 6.07) is 12.0. The molecule has 0 saturated heterocycles. The van der Waals surface area contributed by atoms with Gasteiger partial charge in [0.2, 0.25) is 5.91 Å². The van der Waals surface area contributed by atoms with Crippen molar-refractivity contribution in [1.82, 2.24) is 20.0 Å². The van der Waals surface area contributed by atoms with E-state index < -0.39 is 0 Å². The molecule has 0 spiro atoms. The van der Waals surface area contributed by atoms with E-state index in [2.05, 4.69) is 10.4 Å². The van der Waals surface area contributed by atoms with E-state index in [-0.39, 0.29) is 11.9 Å². The molecule has 1 aromatic heterocycles. The molecule has 21 heavy (non-hydrogen) atoms. The van der Waals surface area contributed by atoms with Gasteiger partial charge in [0.1, 0.15) is 0 Å². The molecule has 2 aromatic rings. The number of carbonyl (C=O) groups excluding carboxylic acids is 1. The zero-order valence-corrected chi connectivity index (χ0v) is 12.6. The molecule has 1 N–H and O–H groups in total. The summed E-state index contributed by atoms with van der Waals surface area (Å²) in [6.45, 7) is 3.87. The fourth-order valence-corrected chi connectivity index (χ4v) is 2.12. The van der Waals surface area contributed by atoms with E-state index in [4.69, 9.17) is 0 Å². The van der Waals surface area contributed by atoms with E-state index in [9.17, 15) is 4.79 Å². The highest BCUT2D eigenvalue weighted by molar-refractivity contribution is 5.78. The van der Waals surface area contributed by atoms with E-state index in [1.807, 2.05) is 61.2 Å². The lowest BCUT2D eigenvalue weighted by molar-refractivity contribution is -0.130. The minimum absolute atomic E-state index is 0.0756. The van der Waals surface area contributed by atoms with Gasteiger partial charge in [-0.25, -0.2) is 0 Å². The van der Waals surface area contributed by atoms with Gasteiger partial charge in [0, 0.05) is 26.0 Å². The predicted molar refractivity (Wildman–Crippen MR) is 82.7 cm³/mol. The number of rotatable bonds is 7. The van der Waals surface area contributed by atoms with Crippen LogP contribution in [-0.2, 0) is 11.3 Å². The fourth-order valence-electron chi connectivity index (χ4n) is 2.12. The number of amides is 1. The van der Waals surface area contributed by atoms with Crippen LogP contribution in [-0.4, -0.2) is 40.7 Å². The lowest BCUT2D eigenvalue weighted by Gasteiger charge is -2.25. The highest BCUT2D eigenvalue weighted by Gasteiger charge is 2.16. The van der Waals surface area contributed by atoms with Crippen LogP contribution in [0.5, 0.6) is 0 Å². The SMILES string of the molecule is C[C@H](c1ccccc1)N(C)C(=O)CNCCn1cccn1. The summed E-state index contributed by atoms with van der Waals surface area (Å²) in [4.78, 5) is 13.9. The molecule has 1 aromatic carbocycles. The Labute approximate surface area is 125 Å². The molecule has 0 aliphatic carbocycles. The second-order valence-electron chi connectivity index (χ2n) is 5.04. The molecule has 0 aliphatic rings. The van der Waals surface area contributed by atoms with Crippen LogP contribution >= 0.6 is 0 Å². The van der Waals surface area contributed by atoms with E-state index in [0.29, 0.717) is 6.54 Å². The maximum Gasteiger partial charge on any atom is 0.236 e. The molecular formula is C16H22N4O. The number of hydrogen-bond acceptors (Lipinski definition) is 3. The minimum atomic E-state index is 0.0756. The zero-order chi connectivity index (χ0) is 15.1. The van der Waals surface area contributed by atoms with Crippen LogP contribution in [0.15, 0.2) is 48.8 Å². The first-order valence-corrected chi connectivity index (χ1v) is 7.17. The number of nitrogens with zero attached hydrogens (tertiary/aromatic N) is 3. The first-order chi connectivity index (χ1) is 10.2. The monoisotopic (exact) mass is 286 g/mol. The highest BCUT2D eigenvalue weighted by atomic mass is 16.2. The number of aromatic nitrogens is 2. The molecule has 5 nitrogen and oxygen atoms in total. The number of benzene rings is 1. The third-order valence-electron chi connectivity index (χ3n) is 3.61. The second kappa shape index (κ2) is 7.59. The normalized spacial score (nSPS) is 12.1. The van der Waals surface area contributed by atoms with Crippen molar-refractivity contribution in [3.8, 4) is 0 Å². The van der Waals surface area contributed by atoms with E-state index in [1.54, 1.807) is 11.1 Å². The summed E-state index contributed by atoms with van der Waals surface area (Å²) in [5.41, 5.74) is 1.14. The first-order valence-electron chi connectivity index (χ1n) is 7.17. The Balaban J connectivity index is 1.74. The average molecular weight is 286 g/mol. The molecular weight excluding hydrogens is 264 g/mol. The Bertz CT molecular complexity index is 539. The molecule has 2 rings (SSSR count). The number of nitrogens with one attached hydrogen (secondary N) is 1. The molecule has 0 bridgehead atoms. The van der Waals surface area contributed by atoms with Gasteiger partial charge in [0.25, 0.3) is 0 Å². The number of hydrogen-bond donors (Lipinski definition) is 1. The van der Waals surface area contributed by atoms with Crippen molar-refractivity contribution in [2.24, 2.45) is 0 Å². The quantitative estimate of drug-likeness (QED) is 0.788. The maximum atomic E-state index is 12.2. The van der Waals surface area contributed by atoms with Crippen molar-refractivity contribution >= 4 is 5.91 Å². The van der Waals surface area contributed by atoms with Crippen molar-refractivity contribution in [3.05, 3.63) is 54.4 Å². The Morgan fingerprint density at radius 3 is 2.76 bits per heavy atom. The van der Waals surface area contributed by atoms with Crippen molar-refractivity contribution in [1.29, 1.82) is 0 Å². The van der Waals surface area contributed by atoms with Crippen LogP contribution in [0.1, 0.15) is 18.5 Å². The van der Waals surface area contributed by atoms with Gasteiger partial charge in [-0.15, -0.1) is 0 Å². The van der Waals surface area contributed by atoms with Crippen LogP contribution in [0.25, 0.3) is 0 Å². The standard InChI is InChI=1S/C16H22N4O/c1-14(15-7-4-3-5-8-15)19(2)16(21)13-17-10-12-20-11-6-9-18-20/h3-9,11,14,17H,10,12-13H2,1-2H3/t14-/m1/s1. The second-order valence-corrected chi connectivity index (χ2v) is 5.04. The van der Waals surface area contributed by atoms with Crippen LogP contribution in [0, 0.1) is 0 Å². The first kappa shape index (κ1) is 15.3. The van der Waals surface area contributed by atoms with Gasteiger partial charge in [-0.2, -0.15) is 5.10 Å². The Morgan fingerprint density at radius 2 is 2.10 bits per heavy atom. The van der Waals surface area contributed by atoms with Gasteiger partial charge in [-0.1, -0.05) is 30.3 Å². The van der Waals surface area contributed by atoms with Crippen LogP contribution in [0.2, 0.25) is 0 Å². The molecule has 1 atom stereocenters. The zero-order valence-electron chi connectivity index (χ0n) is 12.6. The number of carbonyl (C=O) groups is 1. The van der Waals surface area contributed by atoms with Gasteiger partial charge in [0.15, 0.2) is 0 Å². The van der Waals surface area contributed by atoms with Crippen molar-refractivity contribution in [3.63, 3.8) is 0 Å². The third-order valence-corrected chi connectivity index (χ3v) is 3.61. The van der Waals surface area contributed by atoms with Gasteiger partial charge in [-0.3, -0.25) is 9.48 Å².